The van der Waals surface area contributed by atoms with Crippen molar-refractivity contribution >= 4 is 28.4 Å². The summed E-state index contributed by atoms with van der Waals surface area (Å²) in [6, 6.07) is 4.84. The van der Waals surface area contributed by atoms with Crippen LogP contribution in [0.5, 0.6) is 5.75 Å². The molecule has 1 aliphatic rings. The van der Waals surface area contributed by atoms with E-state index in [2.05, 4.69) is 9.98 Å². The van der Waals surface area contributed by atoms with E-state index in [9.17, 15) is 10.1 Å². The number of benzene rings is 1. The topological polar surface area (TPSA) is 77.6 Å². The molecule has 23 heavy (non-hydrogen) atoms. The summed E-state index contributed by atoms with van der Waals surface area (Å²) >= 11 is 1.61. The molecule has 120 valence electrons. The number of nitrogens with zero attached hydrogens (tertiary/aromatic N) is 3. The number of nitro benzene ring substituents is 1. The van der Waals surface area contributed by atoms with Gasteiger partial charge in [0, 0.05) is 17.2 Å². The van der Waals surface area contributed by atoms with E-state index in [4.69, 9.17) is 4.74 Å². The smallest absolute Gasteiger partial charge is 0.311 e. The van der Waals surface area contributed by atoms with E-state index >= 15 is 0 Å². The summed E-state index contributed by atoms with van der Waals surface area (Å²) < 4.78 is 5.27. The first-order valence-corrected chi connectivity index (χ1v) is 8.43. The average Bonchev–Trinajstić information content (AvgIpc) is 2.97. The second-order valence-corrected chi connectivity index (χ2v) is 6.31. The summed E-state index contributed by atoms with van der Waals surface area (Å²) in [5.41, 5.74) is 1.77. The van der Waals surface area contributed by atoms with Crippen molar-refractivity contribution in [3.63, 3.8) is 0 Å². The lowest BCUT2D eigenvalue weighted by Crippen LogP contribution is -1.98. The van der Waals surface area contributed by atoms with Gasteiger partial charge in [-0.3, -0.25) is 10.1 Å². The van der Waals surface area contributed by atoms with E-state index in [1.165, 1.54) is 23.8 Å². The Bertz CT molecular complexity index is 732. The predicted molar refractivity (Wildman–Crippen MR) is 90.3 cm³/mol. The summed E-state index contributed by atoms with van der Waals surface area (Å²) in [5, 5.41) is 11.8. The Morgan fingerprint density at radius 1 is 1.43 bits per heavy atom. The van der Waals surface area contributed by atoms with E-state index < -0.39 is 4.92 Å². The summed E-state index contributed by atoms with van der Waals surface area (Å²) in [4.78, 5) is 20.9. The third kappa shape index (κ3) is 3.56. The second kappa shape index (κ2) is 6.87. The molecule has 1 aromatic heterocycles. The van der Waals surface area contributed by atoms with Gasteiger partial charge in [0.2, 0.25) is 5.13 Å². The molecule has 0 radical (unpaired) electrons. The molecule has 0 saturated heterocycles. The zero-order valence-corrected chi connectivity index (χ0v) is 13.6. The van der Waals surface area contributed by atoms with Crippen LogP contribution < -0.4 is 4.74 Å². The molecule has 0 aliphatic heterocycles. The lowest BCUT2D eigenvalue weighted by Gasteiger charge is -2.06. The number of ether oxygens (including phenoxy) is 1. The zero-order chi connectivity index (χ0) is 16.2. The molecule has 0 fully saturated rings. The van der Waals surface area contributed by atoms with Crippen LogP contribution in [0, 0.1) is 10.1 Å². The Hall–Kier alpha value is -2.28. The first kappa shape index (κ1) is 15.6. The normalized spacial score (nSPS) is 14.0. The summed E-state index contributed by atoms with van der Waals surface area (Å²) in [6.07, 6.45) is 6.12. The van der Waals surface area contributed by atoms with E-state index in [0.717, 1.165) is 18.5 Å². The average molecular weight is 331 g/mol. The number of hydrogen-bond acceptors (Lipinski definition) is 6. The van der Waals surface area contributed by atoms with Gasteiger partial charge in [-0.05, 0) is 50.3 Å². The molecule has 2 aromatic rings. The summed E-state index contributed by atoms with van der Waals surface area (Å²) in [7, 11) is 0. The van der Waals surface area contributed by atoms with Crippen LogP contribution in [0.3, 0.4) is 0 Å². The highest BCUT2D eigenvalue weighted by Crippen LogP contribution is 2.31. The van der Waals surface area contributed by atoms with Crippen molar-refractivity contribution < 1.29 is 9.66 Å². The number of hydrogen-bond donors (Lipinski definition) is 0. The van der Waals surface area contributed by atoms with Crippen molar-refractivity contribution in [2.24, 2.45) is 4.99 Å². The molecule has 0 unspecified atom stereocenters. The number of aliphatic imine (C=N–C) groups is 1. The van der Waals surface area contributed by atoms with Gasteiger partial charge in [-0.1, -0.05) is 11.3 Å². The quantitative estimate of drug-likeness (QED) is 0.470. The number of rotatable bonds is 5. The highest BCUT2D eigenvalue weighted by Gasteiger charge is 2.16. The molecule has 0 atom stereocenters. The Kier molecular flexibility index (Phi) is 4.66. The maximum absolute atomic E-state index is 11.1. The minimum Gasteiger partial charge on any atom is -0.487 e. The molecule has 3 rings (SSSR count). The van der Waals surface area contributed by atoms with Gasteiger partial charge in [0.25, 0.3) is 0 Å². The van der Waals surface area contributed by atoms with Crippen LogP contribution in [0.15, 0.2) is 23.2 Å². The van der Waals surface area contributed by atoms with E-state index in [1.54, 1.807) is 36.6 Å². The Morgan fingerprint density at radius 2 is 2.26 bits per heavy atom. The van der Waals surface area contributed by atoms with Crippen molar-refractivity contribution in [2.75, 3.05) is 6.61 Å². The third-order valence-corrected chi connectivity index (χ3v) is 4.70. The van der Waals surface area contributed by atoms with Crippen molar-refractivity contribution in [2.45, 2.75) is 32.6 Å². The van der Waals surface area contributed by atoms with Gasteiger partial charge >= 0.3 is 5.69 Å². The van der Waals surface area contributed by atoms with E-state index in [0.29, 0.717) is 17.3 Å². The number of fused-ring (bicyclic) bond motifs is 1. The van der Waals surface area contributed by atoms with Gasteiger partial charge in [0.1, 0.15) is 0 Å². The van der Waals surface area contributed by atoms with Crippen molar-refractivity contribution in [3.05, 3.63) is 44.4 Å². The Labute approximate surface area is 138 Å². The summed E-state index contributed by atoms with van der Waals surface area (Å²) in [5.74, 6) is 0.277. The maximum Gasteiger partial charge on any atom is 0.311 e. The first-order valence-electron chi connectivity index (χ1n) is 7.61. The molecule has 0 spiro atoms. The molecule has 0 amide bonds. The van der Waals surface area contributed by atoms with Crippen molar-refractivity contribution in [3.8, 4) is 5.75 Å². The van der Waals surface area contributed by atoms with Crippen LogP contribution in [0.1, 0.15) is 35.9 Å². The van der Waals surface area contributed by atoms with E-state index in [-0.39, 0.29) is 11.4 Å². The predicted octanol–water partition coefficient (Wildman–Crippen LogP) is 4.08. The Morgan fingerprint density at radius 3 is 3.00 bits per heavy atom. The maximum atomic E-state index is 11.1. The standard InChI is InChI=1S/C16H17N3O3S/c1-2-22-14-8-7-11(9-13(14)19(20)21)10-17-16-18-12-5-3-4-6-15(12)23-16/h7-10H,2-6H2,1H3/b17-10+. The fourth-order valence-electron chi connectivity index (χ4n) is 2.56. The largest absolute Gasteiger partial charge is 0.487 e. The molecule has 1 heterocycles. The van der Waals surface area contributed by atoms with Gasteiger partial charge in [-0.25, -0.2) is 9.98 Å². The van der Waals surface area contributed by atoms with Crippen LogP contribution in [0.25, 0.3) is 0 Å². The van der Waals surface area contributed by atoms with Crippen molar-refractivity contribution in [1.82, 2.24) is 4.98 Å². The minimum atomic E-state index is -0.440. The molecule has 0 bridgehead atoms. The molecule has 6 nitrogen and oxygen atoms in total. The van der Waals surface area contributed by atoms with Gasteiger partial charge in [-0.2, -0.15) is 0 Å². The molecular formula is C16H17N3O3S. The van der Waals surface area contributed by atoms with Gasteiger partial charge in [-0.15, -0.1) is 0 Å². The molecule has 7 heteroatoms. The lowest BCUT2D eigenvalue weighted by atomic mass is 10.0. The van der Waals surface area contributed by atoms with Gasteiger partial charge in [0.15, 0.2) is 5.75 Å². The van der Waals surface area contributed by atoms with Gasteiger partial charge < -0.3 is 4.74 Å². The number of aryl methyl sites for hydroxylation is 2. The highest BCUT2D eigenvalue weighted by atomic mass is 32.1. The Balaban J connectivity index is 1.83. The monoisotopic (exact) mass is 331 g/mol. The number of thiazole rings is 1. The molecule has 0 N–H and O–H groups in total. The second-order valence-electron chi connectivity index (χ2n) is 5.25. The van der Waals surface area contributed by atoms with Crippen LogP contribution >= 0.6 is 11.3 Å². The highest BCUT2D eigenvalue weighted by molar-refractivity contribution is 7.15. The molecular weight excluding hydrogens is 314 g/mol. The van der Waals surface area contributed by atoms with Crippen LogP contribution in [0.2, 0.25) is 0 Å². The van der Waals surface area contributed by atoms with Crippen LogP contribution in [0.4, 0.5) is 10.8 Å². The first-order chi connectivity index (χ1) is 11.2. The van der Waals surface area contributed by atoms with Crippen molar-refractivity contribution in [1.29, 1.82) is 0 Å². The molecule has 0 saturated carbocycles. The van der Waals surface area contributed by atoms with Crippen LogP contribution in [-0.2, 0) is 12.8 Å². The SMILES string of the molecule is CCOc1ccc(/C=N/c2nc3c(s2)CCCC3)cc1[N+](=O)[O-]. The van der Waals surface area contributed by atoms with Gasteiger partial charge in [0.05, 0.1) is 17.2 Å². The van der Waals surface area contributed by atoms with Crippen LogP contribution in [-0.4, -0.2) is 22.7 Å². The summed E-state index contributed by atoms with van der Waals surface area (Å²) in [6.45, 7) is 2.18. The number of nitro groups is 1. The van der Waals surface area contributed by atoms with E-state index in [1.807, 2.05) is 0 Å². The minimum absolute atomic E-state index is 0.0470. The molecule has 1 aliphatic carbocycles. The molecule has 1 aromatic carbocycles. The zero-order valence-electron chi connectivity index (χ0n) is 12.8. The fraction of sp³-hybridized carbons (Fsp3) is 0.375. The fourth-order valence-corrected chi connectivity index (χ4v) is 3.55. The number of aromatic nitrogens is 1. The lowest BCUT2D eigenvalue weighted by molar-refractivity contribution is -0.385. The third-order valence-electron chi connectivity index (χ3n) is 3.64.